The van der Waals surface area contributed by atoms with Crippen LogP contribution < -0.4 is 5.32 Å². The maximum atomic E-state index is 11.8. The molecule has 0 fully saturated rings. The summed E-state index contributed by atoms with van der Waals surface area (Å²) < 4.78 is 0. The molecule has 0 aliphatic carbocycles. The quantitative estimate of drug-likeness (QED) is 0.795. The number of hydrogen-bond donors (Lipinski definition) is 2. The molecular formula is C13H18ClNO2. The minimum Gasteiger partial charge on any atom is -0.508 e. The fourth-order valence-electron chi connectivity index (χ4n) is 1.51. The van der Waals surface area contributed by atoms with Crippen LogP contribution in [0, 0.1) is 6.92 Å². The van der Waals surface area contributed by atoms with Gasteiger partial charge in [0, 0.05) is 23.0 Å². The highest BCUT2D eigenvalue weighted by Gasteiger charge is 2.11. The summed E-state index contributed by atoms with van der Waals surface area (Å²) in [4.78, 5) is 11.8. The van der Waals surface area contributed by atoms with Gasteiger partial charge in [-0.25, -0.2) is 0 Å². The number of hydrogen-bond acceptors (Lipinski definition) is 2. The summed E-state index contributed by atoms with van der Waals surface area (Å²) in [6, 6.07) is 4.92. The Bertz CT molecular complexity index is 393. The molecule has 1 atom stereocenters. The summed E-state index contributed by atoms with van der Waals surface area (Å²) in [6.07, 6.45) is 1.64. The van der Waals surface area contributed by atoms with Crippen molar-refractivity contribution in [2.45, 2.75) is 32.1 Å². The van der Waals surface area contributed by atoms with E-state index in [1.165, 1.54) is 0 Å². The maximum Gasteiger partial charge on any atom is 0.251 e. The summed E-state index contributed by atoms with van der Waals surface area (Å²) in [5, 5.41) is 12.4. The average Bonchev–Trinajstić information content (AvgIpc) is 2.32. The predicted octanol–water partition coefficient (Wildman–Crippen LogP) is 2.84. The van der Waals surface area contributed by atoms with E-state index >= 15 is 0 Å². The fraction of sp³-hybridized carbons (Fsp3) is 0.462. The fourth-order valence-corrected chi connectivity index (χ4v) is 1.62. The predicted molar refractivity (Wildman–Crippen MR) is 69.7 cm³/mol. The largest absolute Gasteiger partial charge is 0.508 e. The third-order valence-electron chi connectivity index (χ3n) is 2.74. The Labute approximate surface area is 107 Å². The first-order chi connectivity index (χ1) is 8.06. The third kappa shape index (κ3) is 3.93. The number of benzene rings is 1. The molecule has 0 radical (unpaired) electrons. The molecule has 0 heterocycles. The van der Waals surface area contributed by atoms with Gasteiger partial charge in [-0.2, -0.15) is 0 Å². The van der Waals surface area contributed by atoms with Gasteiger partial charge >= 0.3 is 0 Å². The van der Waals surface area contributed by atoms with Crippen LogP contribution >= 0.6 is 11.6 Å². The first kappa shape index (κ1) is 13.8. The zero-order chi connectivity index (χ0) is 12.8. The number of rotatable bonds is 5. The van der Waals surface area contributed by atoms with Crippen molar-refractivity contribution in [2.24, 2.45) is 0 Å². The Balaban J connectivity index is 2.56. The van der Waals surface area contributed by atoms with Gasteiger partial charge in [0.15, 0.2) is 0 Å². The van der Waals surface area contributed by atoms with Crippen LogP contribution in [0.3, 0.4) is 0 Å². The van der Waals surface area contributed by atoms with Gasteiger partial charge in [-0.05, 0) is 31.9 Å². The molecule has 0 spiro atoms. The highest BCUT2D eigenvalue weighted by atomic mass is 35.5. The lowest BCUT2D eigenvalue weighted by molar-refractivity contribution is 0.0952. The zero-order valence-corrected chi connectivity index (χ0v) is 10.9. The Morgan fingerprint density at radius 1 is 1.53 bits per heavy atom. The third-order valence-corrected chi connectivity index (χ3v) is 3.26. The second-order valence-electron chi connectivity index (χ2n) is 4.00. The van der Waals surface area contributed by atoms with E-state index in [4.69, 9.17) is 11.6 Å². The lowest BCUT2D eigenvalue weighted by atomic mass is 10.1. The zero-order valence-electron chi connectivity index (χ0n) is 10.2. The smallest absolute Gasteiger partial charge is 0.251 e. The summed E-state index contributed by atoms with van der Waals surface area (Å²) in [5.41, 5.74) is 1.11. The Morgan fingerprint density at radius 3 is 2.88 bits per heavy atom. The van der Waals surface area contributed by atoms with E-state index in [9.17, 15) is 9.90 Å². The number of aromatic hydroxyl groups is 1. The van der Waals surface area contributed by atoms with Crippen molar-refractivity contribution in [2.75, 3.05) is 6.54 Å². The van der Waals surface area contributed by atoms with E-state index in [-0.39, 0.29) is 17.0 Å². The van der Waals surface area contributed by atoms with E-state index in [0.717, 1.165) is 12.8 Å². The highest BCUT2D eigenvalue weighted by molar-refractivity contribution is 6.20. The molecule has 1 rings (SSSR count). The molecule has 0 bridgehead atoms. The van der Waals surface area contributed by atoms with E-state index in [2.05, 4.69) is 5.32 Å². The van der Waals surface area contributed by atoms with E-state index in [0.29, 0.717) is 17.7 Å². The molecule has 17 heavy (non-hydrogen) atoms. The number of carbonyl (C=O) groups is 1. The second-order valence-corrected chi connectivity index (χ2v) is 4.62. The molecule has 0 aliphatic heterocycles. The van der Waals surface area contributed by atoms with Gasteiger partial charge in [-0.3, -0.25) is 4.79 Å². The summed E-state index contributed by atoms with van der Waals surface area (Å²) in [5.74, 6) is -0.0280. The minimum atomic E-state index is -0.168. The van der Waals surface area contributed by atoms with Crippen LogP contribution in [0.25, 0.3) is 0 Å². The van der Waals surface area contributed by atoms with Gasteiger partial charge in [-0.15, -0.1) is 11.6 Å². The SMILES string of the molecule is CCC(Cl)CCNC(=O)c1cccc(O)c1C. The number of nitrogens with one attached hydrogen (secondary N) is 1. The van der Waals surface area contributed by atoms with Gasteiger partial charge in [0.1, 0.15) is 5.75 Å². The second kappa shape index (κ2) is 6.50. The van der Waals surface area contributed by atoms with Crippen LogP contribution in [0.15, 0.2) is 18.2 Å². The van der Waals surface area contributed by atoms with E-state index < -0.39 is 0 Å². The van der Waals surface area contributed by atoms with Crippen molar-refractivity contribution in [3.63, 3.8) is 0 Å². The Kier molecular flexibility index (Phi) is 5.29. The monoisotopic (exact) mass is 255 g/mol. The van der Waals surface area contributed by atoms with Crippen LogP contribution in [0.2, 0.25) is 0 Å². The van der Waals surface area contributed by atoms with E-state index in [1.807, 2.05) is 6.92 Å². The number of alkyl halides is 1. The van der Waals surface area contributed by atoms with Gasteiger partial charge < -0.3 is 10.4 Å². The molecule has 0 saturated heterocycles. The van der Waals surface area contributed by atoms with Crippen molar-refractivity contribution >= 4 is 17.5 Å². The molecule has 0 aliphatic rings. The molecule has 2 N–H and O–H groups in total. The van der Waals surface area contributed by atoms with Crippen LogP contribution in [0.1, 0.15) is 35.7 Å². The van der Waals surface area contributed by atoms with Gasteiger partial charge in [0.05, 0.1) is 0 Å². The van der Waals surface area contributed by atoms with Crippen LogP contribution in [0.5, 0.6) is 5.75 Å². The first-order valence-electron chi connectivity index (χ1n) is 5.77. The van der Waals surface area contributed by atoms with Crippen molar-refractivity contribution in [1.29, 1.82) is 0 Å². The van der Waals surface area contributed by atoms with Crippen LogP contribution in [0.4, 0.5) is 0 Å². The van der Waals surface area contributed by atoms with Crippen molar-refractivity contribution in [3.05, 3.63) is 29.3 Å². The van der Waals surface area contributed by atoms with E-state index in [1.54, 1.807) is 25.1 Å². The normalized spacial score (nSPS) is 12.2. The molecule has 94 valence electrons. The summed E-state index contributed by atoms with van der Waals surface area (Å²) >= 11 is 5.96. The standard InChI is InChI=1S/C13H18ClNO2/c1-3-10(14)7-8-15-13(17)11-5-4-6-12(16)9(11)2/h4-6,10,16H,3,7-8H2,1-2H3,(H,15,17). The molecule has 0 aromatic heterocycles. The summed E-state index contributed by atoms with van der Waals surface area (Å²) in [6.45, 7) is 4.29. The number of phenolic OH excluding ortho intramolecular Hbond substituents is 1. The maximum absolute atomic E-state index is 11.8. The first-order valence-corrected chi connectivity index (χ1v) is 6.20. The molecule has 1 amide bonds. The van der Waals surface area contributed by atoms with Crippen LogP contribution in [-0.4, -0.2) is 22.9 Å². The molecule has 1 aromatic carbocycles. The van der Waals surface area contributed by atoms with Crippen LogP contribution in [-0.2, 0) is 0 Å². The van der Waals surface area contributed by atoms with Gasteiger partial charge in [0.25, 0.3) is 5.91 Å². The Morgan fingerprint density at radius 2 is 2.24 bits per heavy atom. The highest BCUT2D eigenvalue weighted by Crippen LogP contribution is 2.19. The number of carbonyl (C=O) groups excluding carboxylic acids is 1. The minimum absolute atomic E-state index is 0.0978. The molecule has 1 unspecified atom stereocenters. The van der Waals surface area contributed by atoms with Crippen molar-refractivity contribution in [3.8, 4) is 5.75 Å². The topological polar surface area (TPSA) is 49.3 Å². The molecule has 4 heteroatoms. The molecule has 1 aromatic rings. The van der Waals surface area contributed by atoms with Crippen molar-refractivity contribution < 1.29 is 9.90 Å². The van der Waals surface area contributed by atoms with Gasteiger partial charge in [0.2, 0.25) is 0 Å². The molecule has 0 saturated carbocycles. The number of amides is 1. The van der Waals surface area contributed by atoms with Crippen molar-refractivity contribution in [1.82, 2.24) is 5.32 Å². The average molecular weight is 256 g/mol. The molecular weight excluding hydrogens is 238 g/mol. The lowest BCUT2D eigenvalue weighted by Crippen LogP contribution is -2.26. The van der Waals surface area contributed by atoms with Gasteiger partial charge in [-0.1, -0.05) is 13.0 Å². The number of halogens is 1. The Hall–Kier alpha value is -1.22. The lowest BCUT2D eigenvalue weighted by Gasteiger charge is -2.10. The molecule has 3 nitrogen and oxygen atoms in total. The number of phenols is 1. The summed E-state index contributed by atoms with van der Waals surface area (Å²) in [7, 11) is 0.